The third-order valence-electron chi connectivity index (χ3n) is 2.76. The summed E-state index contributed by atoms with van der Waals surface area (Å²) in [5.41, 5.74) is 0. The van der Waals surface area contributed by atoms with Crippen LogP contribution < -0.4 is 0 Å². The number of hydrogen-bond donors (Lipinski definition) is 0. The predicted octanol–water partition coefficient (Wildman–Crippen LogP) is 0.399. The van der Waals surface area contributed by atoms with Crippen LogP contribution in [0.4, 0.5) is 0 Å². The Morgan fingerprint density at radius 2 is 2.18 bits per heavy atom. The minimum Gasteiger partial charge on any atom is -0.372 e. The zero-order valence-electron chi connectivity index (χ0n) is 9.24. The van der Waals surface area contributed by atoms with Gasteiger partial charge in [0.2, 0.25) is 0 Å². The standard InChI is InChI=1S/C9H13NO6S/c1-2-7(11)17-6-4-15-8-5(16-10(12)13)3-14-9(6)8/h5-6,8-9H,2-4H2,1H3/t5-,6+,8?,9?/m1/s1. The molecule has 0 aromatic rings. The Bertz CT molecular complexity index is 325. The molecule has 2 saturated heterocycles. The summed E-state index contributed by atoms with van der Waals surface area (Å²) in [6.45, 7) is 2.29. The summed E-state index contributed by atoms with van der Waals surface area (Å²) in [6.07, 6.45) is -0.965. The van der Waals surface area contributed by atoms with E-state index in [0.717, 1.165) is 0 Å². The highest BCUT2D eigenvalue weighted by molar-refractivity contribution is 8.14. The highest BCUT2D eigenvalue weighted by Crippen LogP contribution is 2.35. The van der Waals surface area contributed by atoms with Crippen LogP contribution in [0, 0.1) is 10.1 Å². The molecular formula is C9H13NO6S. The van der Waals surface area contributed by atoms with Crippen molar-refractivity contribution in [2.24, 2.45) is 0 Å². The van der Waals surface area contributed by atoms with Gasteiger partial charge in [-0.25, -0.2) is 0 Å². The third-order valence-corrected chi connectivity index (χ3v) is 4.01. The lowest BCUT2D eigenvalue weighted by atomic mass is 10.1. The topological polar surface area (TPSA) is 87.9 Å². The van der Waals surface area contributed by atoms with E-state index in [9.17, 15) is 14.9 Å². The van der Waals surface area contributed by atoms with E-state index in [1.807, 2.05) is 0 Å². The largest absolute Gasteiger partial charge is 0.372 e. The summed E-state index contributed by atoms with van der Waals surface area (Å²) in [6, 6.07) is 0. The van der Waals surface area contributed by atoms with Crippen molar-refractivity contribution in [2.75, 3.05) is 13.2 Å². The molecule has 0 bridgehead atoms. The first kappa shape index (κ1) is 12.6. The molecular weight excluding hydrogens is 250 g/mol. The van der Waals surface area contributed by atoms with E-state index in [4.69, 9.17) is 9.47 Å². The van der Waals surface area contributed by atoms with Gasteiger partial charge in [-0.1, -0.05) is 18.7 Å². The van der Waals surface area contributed by atoms with E-state index in [1.165, 1.54) is 11.8 Å². The Kier molecular flexibility index (Phi) is 3.85. The van der Waals surface area contributed by atoms with Crippen molar-refractivity contribution in [1.29, 1.82) is 0 Å². The maximum Gasteiger partial charge on any atom is 0.294 e. The van der Waals surface area contributed by atoms with Crippen LogP contribution in [-0.4, -0.2) is 47.0 Å². The molecule has 2 aliphatic heterocycles. The predicted molar refractivity (Wildman–Crippen MR) is 58.0 cm³/mol. The van der Waals surface area contributed by atoms with Gasteiger partial charge in [0.1, 0.15) is 12.2 Å². The summed E-state index contributed by atoms with van der Waals surface area (Å²) in [5.74, 6) is 0. The van der Waals surface area contributed by atoms with E-state index < -0.39 is 17.3 Å². The van der Waals surface area contributed by atoms with Crippen LogP contribution in [0.3, 0.4) is 0 Å². The Labute approximate surface area is 102 Å². The van der Waals surface area contributed by atoms with E-state index in [1.54, 1.807) is 6.92 Å². The summed E-state index contributed by atoms with van der Waals surface area (Å²) in [4.78, 5) is 26.1. The molecule has 2 unspecified atom stereocenters. The van der Waals surface area contributed by atoms with Gasteiger partial charge in [0.05, 0.1) is 18.5 Å². The van der Waals surface area contributed by atoms with Gasteiger partial charge in [-0.15, -0.1) is 10.1 Å². The summed E-state index contributed by atoms with van der Waals surface area (Å²) < 4.78 is 10.8. The minimum absolute atomic E-state index is 0.0708. The van der Waals surface area contributed by atoms with Gasteiger partial charge < -0.3 is 14.3 Å². The second-order valence-electron chi connectivity index (χ2n) is 3.85. The second kappa shape index (κ2) is 5.19. The molecule has 0 aromatic carbocycles. The van der Waals surface area contributed by atoms with Crippen LogP contribution in [0.15, 0.2) is 0 Å². The lowest BCUT2D eigenvalue weighted by Crippen LogP contribution is -2.33. The highest BCUT2D eigenvalue weighted by Gasteiger charge is 2.50. The van der Waals surface area contributed by atoms with Crippen molar-refractivity contribution in [2.45, 2.75) is 36.9 Å². The lowest BCUT2D eigenvalue weighted by Gasteiger charge is -2.14. The number of carbonyl (C=O) groups excluding carboxylic acids is 1. The normalized spacial score (nSPS) is 35.6. The number of fused-ring (bicyclic) bond motifs is 1. The number of rotatable bonds is 4. The van der Waals surface area contributed by atoms with Gasteiger partial charge in [-0.05, 0) is 0 Å². The van der Waals surface area contributed by atoms with Gasteiger partial charge >= 0.3 is 0 Å². The number of hydrogen-bond acceptors (Lipinski definition) is 7. The van der Waals surface area contributed by atoms with Crippen LogP contribution in [0.25, 0.3) is 0 Å². The molecule has 96 valence electrons. The zero-order valence-corrected chi connectivity index (χ0v) is 10.1. The molecule has 2 heterocycles. The van der Waals surface area contributed by atoms with Crippen molar-refractivity contribution in [3.8, 4) is 0 Å². The average molecular weight is 263 g/mol. The maximum atomic E-state index is 11.3. The molecule has 4 atom stereocenters. The van der Waals surface area contributed by atoms with Crippen molar-refractivity contribution in [3.63, 3.8) is 0 Å². The second-order valence-corrected chi connectivity index (χ2v) is 5.14. The molecule has 0 radical (unpaired) electrons. The minimum atomic E-state index is -0.836. The maximum absolute atomic E-state index is 11.3. The fraction of sp³-hybridized carbons (Fsp3) is 0.889. The molecule has 17 heavy (non-hydrogen) atoms. The summed E-state index contributed by atoms with van der Waals surface area (Å²) >= 11 is 1.19. The van der Waals surface area contributed by atoms with Crippen molar-refractivity contribution in [1.82, 2.24) is 0 Å². The Balaban J connectivity index is 1.92. The SMILES string of the molecule is CCC(=O)S[C@H]1COC2C1OC[C@H]2O[N+](=O)[O-]. The molecule has 0 N–H and O–H groups in total. The first-order valence-electron chi connectivity index (χ1n) is 5.35. The fourth-order valence-corrected chi connectivity index (χ4v) is 3.00. The van der Waals surface area contributed by atoms with E-state index in [-0.39, 0.29) is 23.1 Å². The van der Waals surface area contributed by atoms with Gasteiger partial charge in [0, 0.05) is 6.42 Å². The van der Waals surface area contributed by atoms with Crippen LogP contribution in [-0.2, 0) is 19.1 Å². The Morgan fingerprint density at radius 3 is 2.82 bits per heavy atom. The number of thioether (sulfide) groups is 1. The molecule has 0 amide bonds. The van der Waals surface area contributed by atoms with E-state index in [2.05, 4.69) is 4.84 Å². The highest BCUT2D eigenvalue weighted by atomic mass is 32.2. The summed E-state index contributed by atoms with van der Waals surface area (Å²) in [7, 11) is 0. The first-order chi connectivity index (χ1) is 8.11. The molecule has 0 aromatic heterocycles. The number of carbonyl (C=O) groups is 1. The van der Waals surface area contributed by atoms with Gasteiger partial charge in [0.15, 0.2) is 11.2 Å². The molecule has 0 spiro atoms. The van der Waals surface area contributed by atoms with E-state index in [0.29, 0.717) is 13.0 Å². The molecule has 2 rings (SSSR count). The molecule has 0 aliphatic carbocycles. The van der Waals surface area contributed by atoms with Crippen molar-refractivity contribution >= 4 is 16.9 Å². The average Bonchev–Trinajstić information content (AvgIpc) is 2.83. The Hall–Kier alpha value is -0.860. The first-order valence-corrected chi connectivity index (χ1v) is 6.23. The molecule has 7 nitrogen and oxygen atoms in total. The van der Waals surface area contributed by atoms with Gasteiger partial charge in [-0.2, -0.15) is 0 Å². The smallest absolute Gasteiger partial charge is 0.294 e. The monoisotopic (exact) mass is 263 g/mol. The molecule has 0 saturated carbocycles. The van der Waals surface area contributed by atoms with Crippen LogP contribution in [0.2, 0.25) is 0 Å². The molecule has 2 aliphatic rings. The van der Waals surface area contributed by atoms with Gasteiger partial charge in [0.25, 0.3) is 5.09 Å². The van der Waals surface area contributed by atoms with Crippen molar-refractivity contribution < 1.29 is 24.2 Å². The number of nitrogens with zero attached hydrogens (tertiary/aromatic N) is 1. The van der Waals surface area contributed by atoms with Crippen LogP contribution in [0.1, 0.15) is 13.3 Å². The lowest BCUT2D eigenvalue weighted by molar-refractivity contribution is -0.769. The Morgan fingerprint density at radius 1 is 1.47 bits per heavy atom. The van der Waals surface area contributed by atoms with Crippen molar-refractivity contribution in [3.05, 3.63) is 10.1 Å². The third kappa shape index (κ3) is 2.70. The zero-order chi connectivity index (χ0) is 12.4. The molecule has 8 heteroatoms. The van der Waals surface area contributed by atoms with E-state index >= 15 is 0 Å². The van der Waals surface area contributed by atoms with Crippen LogP contribution >= 0.6 is 11.8 Å². The van der Waals surface area contributed by atoms with Crippen LogP contribution in [0.5, 0.6) is 0 Å². The summed E-state index contributed by atoms with van der Waals surface area (Å²) in [5, 5.41) is 9.41. The van der Waals surface area contributed by atoms with Gasteiger partial charge in [-0.3, -0.25) is 4.79 Å². The quantitative estimate of drug-likeness (QED) is 0.535. The molecule has 2 fully saturated rings. The fourth-order valence-electron chi connectivity index (χ4n) is 1.98. The number of ether oxygens (including phenoxy) is 2.